The molecule has 2 aromatic rings. The molecular formula is C14H15Cl2N5O2S. The molecular weight excluding hydrogens is 373 g/mol. The highest BCUT2D eigenvalue weighted by Crippen LogP contribution is 2.31. The summed E-state index contributed by atoms with van der Waals surface area (Å²) in [5.74, 6) is 0.667. The Balaban J connectivity index is 1.73. The van der Waals surface area contributed by atoms with Gasteiger partial charge in [-0.2, -0.15) is 15.0 Å². The van der Waals surface area contributed by atoms with Crippen molar-refractivity contribution < 1.29 is 9.53 Å². The number of carbonyl (C=O) groups is 1. The summed E-state index contributed by atoms with van der Waals surface area (Å²) in [6.45, 7) is 1.95. The Morgan fingerprint density at radius 3 is 2.71 bits per heavy atom. The van der Waals surface area contributed by atoms with Crippen LogP contribution in [0.25, 0.3) is 0 Å². The Labute approximate surface area is 153 Å². The molecule has 0 unspecified atom stereocenters. The average Bonchev–Trinajstić information content (AvgIpc) is 3.22. The molecule has 0 aliphatic carbocycles. The summed E-state index contributed by atoms with van der Waals surface area (Å²) in [5, 5.41) is 2.74. The lowest BCUT2D eigenvalue weighted by Gasteiger charge is -2.16. The van der Waals surface area contributed by atoms with Crippen LogP contribution >= 0.6 is 34.5 Å². The number of hydrogen-bond acceptors (Lipinski definition) is 7. The van der Waals surface area contributed by atoms with Gasteiger partial charge in [0.05, 0.1) is 23.6 Å². The number of hydrogen-bond donors (Lipinski definition) is 1. The Kier molecular flexibility index (Phi) is 5.37. The predicted molar refractivity (Wildman–Crippen MR) is 93.3 cm³/mol. The molecule has 1 saturated heterocycles. The lowest BCUT2D eigenvalue weighted by Crippen LogP contribution is -2.26. The van der Waals surface area contributed by atoms with E-state index in [1.54, 1.807) is 0 Å². The SMILES string of the molecule is COc1nc(CNC(=O)c2cc(Cl)sc2Cl)nc(N2CCCC2)n1. The quantitative estimate of drug-likeness (QED) is 0.849. The molecule has 3 rings (SSSR count). The lowest BCUT2D eigenvalue weighted by atomic mass is 10.3. The molecule has 1 aliphatic heterocycles. The fourth-order valence-corrected chi connectivity index (χ4v) is 3.82. The van der Waals surface area contributed by atoms with Crippen LogP contribution in [-0.2, 0) is 6.54 Å². The number of aromatic nitrogens is 3. The average molecular weight is 388 g/mol. The molecule has 0 aromatic carbocycles. The molecule has 10 heteroatoms. The number of anilines is 1. The number of carbonyl (C=O) groups excluding carboxylic acids is 1. The predicted octanol–water partition coefficient (Wildman–Crippen LogP) is 2.78. The summed E-state index contributed by atoms with van der Waals surface area (Å²) in [7, 11) is 1.50. The summed E-state index contributed by atoms with van der Waals surface area (Å²) >= 11 is 13.0. The number of methoxy groups -OCH3 is 1. The topological polar surface area (TPSA) is 80.2 Å². The van der Waals surface area contributed by atoms with Gasteiger partial charge in [0, 0.05) is 13.1 Å². The number of nitrogens with zero attached hydrogens (tertiary/aromatic N) is 4. The van der Waals surface area contributed by atoms with Gasteiger partial charge in [0.1, 0.15) is 4.34 Å². The number of rotatable bonds is 5. The molecule has 0 atom stereocenters. The maximum atomic E-state index is 12.2. The maximum absolute atomic E-state index is 12.2. The fourth-order valence-electron chi connectivity index (χ4n) is 2.36. The normalized spacial score (nSPS) is 14.0. The molecule has 1 fully saturated rings. The Morgan fingerprint density at radius 1 is 1.33 bits per heavy atom. The second-order valence-electron chi connectivity index (χ2n) is 5.15. The van der Waals surface area contributed by atoms with Crippen molar-refractivity contribution in [1.29, 1.82) is 0 Å². The Morgan fingerprint density at radius 2 is 2.08 bits per heavy atom. The van der Waals surface area contributed by atoms with Crippen molar-refractivity contribution in [2.24, 2.45) is 0 Å². The standard InChI is InChI=1S/C14H15Cl2N5O2S/c1-23-14-19-10(18-13(20-14)21-4-2-3-5-21)7-17-12(22)8-6-9(15)24-11(8)16/h6H,2-5,7H2,1H3,(H,17,22). The van der Waals surface area contributed by atoms with Crippen LogP contribution < -0.4 is 15.0 Å². The second-order valence-corrected chi connectivity index (χ2v) is 7.44. The summed E-state index contributed by atoms with van der Waals surface area (Å²) in [4.78, 5) is 27.1. The van der Waals surface area contributed by atoms with Crippen LogP contribution in [-0.4, -0.2) is 41.1 Å². The molecule has 0 saturated carbocycles. The number of ether oxygens (including phenoxy) is 1. The van der Waals surface area contributed by atoms with Crippen molar-refractivity contribution >= 4 is 46.4 Å². The van der Waals surface area contributed by atoms with Gasteiger partial charge in [-0.3, -0.25) is 4.79 Å². The highest BCUT2D eigenvalue weighted by Gasteiger charge is 2.19. The second kappa shape index (κ2) is 7.50. The Hall–Kier alpha value is -1.64. The van der Waals surface area contributed by atoms with E-state index in [0.29, 0.717) is 26.0 Å². The van der Waals surface area contributed by atoms with E-state index in [4.69, 9.17) is 27.9 Å². The minimum absolute atomic E-state index is 0.141. The summed E-state index contributed by atoms with van der Waals surface area (Å²) < 4.78 is 5.94. The monoisotopic (exact) mass is 387 g/mol. The summed E-state index contributed by atoms with van der Waals surface area (Å²) in [5.41, 5.74) is 0.340. The van der Waals surface area contributed by atoms with Crippen LogP contribution in [0.4, 0.5) is 5.95 Å². The Bertz CT molecular complexity index is 749. The zero-order valence-corrected chi connectivity index (χ0v) is 15.2. The van der Waals surface area contributed by atoms with Gasteiger partial charge in [-0.25, -0.2) is 0 Å². The number of halogens is 2. The molecule has 0 spiro atoms. The third kappa shape index (κ3) is 3.88. The van der Waals surface area contributed by atoms with Crippen molar-refractivity contribution in [2.75, 3.05) is 25.1 Å². The van der Waals surface area contributed by atoms with Crippen LogP contribution in [0.2, 0.25) is 8.67 Å². The van der Waals surface area contributed by atoms with Gasteiger partial charge in [-0.1, -0.05) is 23.2 Å². The molecule has 2 aromatic heterocycles. The van der Waals surface area contributed by atoms with Crippen LogP contribution in [0.5, 0.6) is 6.01 Å². The summed E-state index contributed by atoms with van der Waals surface area (Å²) in [6, 6.07) is 1.76. The molecule has 24 heavy (non-hydrogen) atoms. The van der Waals surface area contributed by atoms with Gasteiger partial charge in [0.2, 0.25) is 5.95 Å². The van der Waals surface area contributed by atoms with Gasteiger partial charge in [-0.05, 0) is 18.9 Å². The molecule has 7 nitrogen and oxygen atoms in total. The van der Waals surface area contributed by atoms with Gasteiger partial charge in [0.15, 0.2) is 5.82 Å². The number of amides is 1. The molecule has 0 radical (unpaired) electrons. The molecule has 128 valence electrons. The van der Waals surface area contributed by atoms with E-state index in [-0.39, 0.29) is 18.5 Å². The minimum atomic E-state index is -0.328. The molecule has 1 N–H and O–H groups in total. The highest BCUT2D eigenvalue weighted by molar-refractivity contribution is 7.20. The fraction of sp³-hybridized carbons (Fsp3) is 0.429. The molecule has 3 heterocycles. The first-order valence-electron chi connectivity index (χ1n) is 7.33. The third-order valence-corrected chi connectivity index (χ3v) is 5.02. The summed E-state index contributed by atoms with van der Waals surface area (Å²) in [6.07, 6.45) is 2.22. The van der Waals surface area contributed by atoms with Crippen LogP contribution in [0.3, 0.4) is 0 Å². The van der Waals surface area contributed by atoms with E-state index < -0.39 is 0 Å². The molecule has 0 bridgehead atoms. The maximum Gasteiger partial charge on any atom is 0.321 e. The van der Waals surface area contributed by atoms with Gasteiger partial charge >= 0.3 is 6.01 Å². The first-order valence-corrected chi connectivity index (χ1v) is 8.91. The van der Waals surface area contributed by atoms with Crippen molar-refractivity contribution in [3.05, 3.63) is 26.1 Å². The van der Waals surface area contributed by atoms with Gasteiger partial charge in [-0.15, -0.1) is 11.3 Å². The molecule has 1 amide bonds. The third-order valence-electron chi connectivity index (χ3n) is 3.53. The van der Waals surface area contributed by atoms with E-state index >= 15 is 0 Å². The van der Waals surface area contributed by atoms with Crippen LogP contribution in [0.15, 0.2) is 6.07 Å². The highest BCUT2D eigenvalue weighted by atomic mass is 35.5. The van der Waals surface area contributed by atoms with Crippen molar-refractivity contribution in [1.82, 2.24) is 20.3 Å². The minimum Gasteiger partial charge on any atom is -0.467 e. The van der Waals surface area contributed by atoms with Crippen LogP contribution in [0, 0.1) is 0 Å². The van der Waals surface area contributed by atoms with E-state index in [1.165, 1.54) is 13.2 Å². The van der Waals surface area contributed by atoms with Crippen molar-refractivity contribution in [3.63, 3.8) is 0 Å². The van der Waals surface area contributed by atoms with E-state index in [9.17, 15) is 4.79 Å². The molecule has 1 aliphatic rings. The van der Waals surface area contributed by atoms with Gasteiger partial charge in [0.25, 0.3) is 5.91 Å². The smallest absolute Gasteiger partial charge is 0.321 e. The zero-order chi connectivity index (χ0) is 17.1. The van der Waals surface area contributed by atoms with E-state index in [2.05, 4.69) is 25.2 Å². The number of nitrogens with one attached hydrogen (secondary N) is 1. The van der Waals surface area contributed by atoms with Crippen molar-refractivity contribution in [3.8, 4) is 6.01 Å². The zero-order valence-electron chi connectivity index (χ0n) is 12.9. The first kappa shape index (κ1) is 17.2. The lowest BCUT2D eigenvalue weighted by molar-refractivity contribution is 0.0950. The van der Waals surface area contributed by atoms with E-state index in [0.717, 1.165) is 37.3 Å². The first-order chi connectivity index (χ1) is 11.6. The van der Waals surface area contributed by atoms with E-state index in [1.807, 2.05) is 0 Å². The van der Waals surface area contributed by atoms with Crippen molar-refractivity contribution in [2.45, 2.75) is 19.4 Å². The number of thiophene rings is 1. The largest absolute Gasteiger partial charge is 0.467 e. The van der Waals surface area contributed by atoms with Crippen LogP contribution in [0.1, 0.15) is 29.0 Å². The van der Waals surface area contributed by atoms with Gasteiger partial charge < -0.3 is 15.0 Å².